The largest absolute Gasteiger partial charge is 0.443 e. The summed E-state index contributed by atoms with van der Waals surface area (Å²) in [5.74, 6) is 0. The number of carbonyl (C=O) groups excluding carboxylic acids is 2. The van der Waals surface area contributed by atoms with Crippen LogP contribution in [0.3, 0.4) is 0 Å². The number of aldehydes is 1. The molecule has 0 bridgehead atoms. The Kier molecular flexibility index (Phi) is 3.53. The molecule has 0 atom stereocenters. The van der Waals surface area contributed by atoms with Gasteiger partial charge in [0.1, 0.15) is 5.60 Å². The number of hydrogen-bond donors (Lipinski definition) is 1. The standard InChI is InChI=1S/C15H18N2O3/c1-10-6-5-7-12-13(10)11(9-18)8-17(12)16-14(19)20-15(2,3)4/h5-9H,1-4H3,(H,16,19). The van der Waals surface area contributed by atoms with Crippen LogP contribution in [0.4, 0.5) is 4.79 Å². The van der Waals surface area contributed by atoms with E-state index in [1.165, 1.54) is 4.68 Å². The molecule has 1 aromatic heterocycles. The summed E-state index contributed by atoms with van der Waals surface area (Å²) >= 11 is 0. The highest BCUT2D eigenvalue weighted by Gasteiger charge is 2.18. The third kappa shape index (κ3) is 2.82. The fraction of sp³-hybridized carbons (Fsp3) is 0.333. The van der Waals surface area contributed by atoms with E-state index in [0.717, 1.165) is 22.8 Å². The Bertz CT molecular complexity index is 666. The van der Waals surface area contributed by atoms with Crippen LogP contribution in [0.2, 0.25) is 0 Å². The van der Waals surface area contributed by atoms with Crippen LogP contribution < -0.4 is 5.43 Å². The van der Waals surface area contributed by atoms with Gasteiger partial charge < -0.3 is 4.74 Å². The summed E-state index contributed by atoms with van der Waals surface area (Å²) in [5.41, 5.74) is 4.33. The Morgan fingerprint density at radius 2 is 2.05 bits per heavy atom. The van der Waals surface area contributed by atoms with Crippen molar-refractivity contribution in [2.24, 2.45) is 0 Å². The van der Waals surface area contributed by atoms with Crippen LogP contribution >= 0.6 is 0 Å². The molecule has 0 aliphatic carbocycles. The van der Waals surface area contributed by atoms with Crippen LogP contribution in [0, 0.1) is 6.92 Å². The monoisotopic (exact) mass is 274 g/mol. The number of carbonyl (C=O) groups is 2. The first-order valence-corrected chi connectivity index (χ1v) is 6.37. The first kappa shape index (κ1) is 14.1. The predicted octanol–water partition coefficient (Wildman–Crippen LogP) is 3.24. The molecule has 20 heavy (non-hydrogen) atoms. The molecule has 0 aliphatic heterocycles. The van der Waals surface area contributed by atoms with Crippen LogP contribution in [0.15, 0.2) is 24.4 Å². The summed E-state index contributed by atoms with van der Waals surface area (Å²) in [6, 6.07) is 5.64. The van der Waals surface area contributed by atoms with Gasteiger partial charge in [0, 0.05) is 17.1 Å². The molecular formula is C15H18N2O3. The van der Waals surface area contributed by atoms with E-state index in [0.29, 0.717) is 5.56 Å². The maximum Gasteiger partial charge on any atom is 0.426 e. The number of hydrogen-bond acceptors (Lipinski definition) is 3. The third-order valence-corrected chi connectivity index (χ3v) is 2.80. The Morgan fingerprint density at radius 3 is 2.65 bits per heavy atom. The van der Waals surface area contributed by atoms with Crippen molar-refractivity contribution in [3.63, 3.8) is 0 Å². The molecule has 5 heteroatoms. The van der Waals surface area contributed by atoms with Gasteiger partial charge in [0.25, 0.3) is 0 Å². The lowest BCUT2D eigenvalue weighted by atomic mass is 10.1. The van der Waals surface area contributed by atoms with Crippen molar-refractivity contribution < 1.29 is 14.3 Å². The van der Waals surface area contributed by atoms with Crippen LogP contribution in [0.5, 0.6) is 0 Å². The van der Waals surface area contributed by atoms with Gasteiger partial charge in [0.05, 0.1) is 5.52 Å². The van der Waals surface area contributed by atoms with Gasteiger partial charge in [-0.3, -0.25) is 9.47 Å². The number of aryl methyl sites for hydroxylation is 1. The molecule has 1 aromatic carbocycles. The number of ether oxygens (including phenoxy) is 1. The minimum absolute atomic E-state index is 0.536. The van der Waals surface area contributed by atoms with Gasteiger partial charge in [-0.25, -0.2) is 10.2 Å². The van der Waals surface area contributed by atoms with Crippen LogP contribution in [-0.2, 0) is 4.74 Å². The van der Waals surface area contributed by atoms with E-state index in [-0.39, 0.29) is 0 Å². The fourth-order valence-corrected chi connectivity index (χ4v) is 2.08. The van der Waals surface area contributed by atoms with Gasteiger partial charge >= 0.3 is 6.09 Å². The van der Waals surface area contributed by atoms with Crippen molar-refractivity contribution in [3.05, 3.63) is 35.5 Å². The first-order chi connectivity index (χ1) is 9.31. The van der Waals surface area contributed by atoms with Gasteiger partial charge in [-0.05, 0) is 39.3 Å². The summed E-state index contributed by atoms with van der Waals surface area (Å²) in [5, 5.41) is 0.832. The van der Waals surface area contributed by atoms with E-state index in [9.17, 15) is 9.59 Å². The summed E-state index contributed by atoms with van der Waals surface area (Å²) in [6.45, 7) is 7.30. The normalized spacial score (nSPS) is 11.4. The Hall–Kier alpha value is -2.30. The summed E-state index contributed by atoms with van der Waals surface area (Å²) in [7, 11) is 0. The van der Waals surface area contributed by atoms with E-state index in [2.05, 4.69) is 5.43 Å². The smallest absolute Gasteiger partial charge is 0.426 e. The zero-order chi connectivity index (χ0) is 14.9. The topological polar surface area (TPSA) is 60.3 Å². The van der Waals surface area contributed by atoms with Crippen molar-refractivity contribution in [2.45, 2.75) is 33.3 Å². The fourth-order valence-electron chi connectivity index (χ4n) is 2.08. The molecule has 106 valence electrons. The van der Waals surface area contributed by atoms with Gasteiger partial charge in [0.2, 0.25) is 0 Å². The van der Waals surface area contributed by atoms with Crippen molar-refractivity contribution in [3.8, 4) is 0 Å². The molecule has 0 unspecified atom stereocenters. The number of amides is 1. The summed E-state index contributed by atoms with van der Waals surface area (Å²) in [4.78, 5) is 23.0. The van der Waals surface area contributed by atoms with Gasteiger partial charge in [-0.2, -0.15) is 0 Å². The second-order valence-corrected chi connectivity index (χ2v) is 5.66. The van der Waals surface area contributed by atoms with Crippen molar-refractivity contribution in [1.82, 2.24) is 4.68 Å². The molecule has 2 rings (SSSR count). The molecule has 0 saturated carbocycles. The van der Waals surface area contributed by atoms with Crippen LogP contribution in [-0.4, -0.2) is 22.7 Å². The van der Waals surface area contributed by atoms with Gasteiger partial charge in [-0.1, -0.05) is 12.1 Å². The molecule has 0 radical (unpaired) electrons. The highest BCUT2D eigenvalue weighted by Crippen LogP contribution is 2.23. The molecule has 0 aliphatic rings. The maximum atomic E-state index is 11.8. The van der Waals surface area contributed by atoms with Crippen LogP contribution in [0.25, 0.3) is 10.9 Å². The summed E-state index contributed by atoms with van der Waals surface area (Å²) < 4.78 is 6.72. The Balaban J connectivity index is 2.38. The predicted molar refractivity (Wildman–Crippen MR) is 77.7 cm³/mol. The summed E-state index contributed by atoms with van der Waals surface area (Å²) in [6.07, 6.45) is 1.81. The number of nitrogens with zero attached hydrogens (tertiary/aromatic N) is 1. The molecule has 2 aromatic rings. The molecule has 1 N–H and O–H groups in total. The highest BCUT2D eigenvalue weighted by atomic mass is 16.6. The zero-order valence-electron chi connectivity index (χ0n) is 12.1. The lowest BCUT2D eigenvalue weighted by molar-refractivity contribution is 0.0614. The molecule has 5 nitrogen and oxygen atoms in total. The average molecular weight is 274 g/mol. The number of nitrogens with one attached hydrogen (secondary N) is 1. The number of rotatable bonds is 2. The van der Waals surface area contributed by atoms with E-state index in [4.69, 9.17) is 4.74 Å². The van der Waals surface area contributed by atoms with Crippen LogP contribution in [0.1, 0.15) is 36.7 Å². The average Bonchev–Trinajstić information content (AvgIpc) is 2.66. The second kappa shape index (κ2) is 5.00. The van der Waals surface area contributed by atoms with Crippen molar-refractivity contribution in [2.75, 3.05) is 5.43 Å². The number of aromatic nitrogens is 1. The van der Waals surface area contributed by atoms with E-state index in [1.807, 2.05) is 25.1 Å². The van der Waals surface area contributed by atoms with E-state index in [1.54, 1.807) is 27.0 Å². The molecule has 0 saturated heterocycles. The Labute approximate surface area is 117 Å². The zero-order valence-corrected chi connectivity index (χ0v) is 12.1. The highest BCUT2D eigenvalue weighted by molar-refractivity contribution is 6.00. The Morgan fingerprint density at radius 1 is 1.35 bits per heavy atom. The van der Waals surface area contributed by atoms with E-state index < -0.39 is 11.7 Å². The molecule has 0 fully saturated rings. The molecule has 1 heterocycles. The molecule has 1 amide bonds. The number of fused-ring (bicyclic) bond motifs is 1. The van der Waals surface area contributed by atoms with Crippen molar-refractivity contribution >= 4 is 23.3 Å². The van der Waals surface area contributed by atoms with Gasteiger partial charge in [0.15, 0.2) is 6.29 Å². The van der Waals surface area contributed by atoms with E-state index >= 15 is 0 Å². The maximum absolute atomic E-state index is 11.8. The number of benzene rings is 1. The third-order valence-electron chi connectivity index (χ3n) is 2.80. The lowest BCUT2D eigenvalue weighted by Crippen LogP contribution is -2.31. The SMILES string of the molecule is Cc1cccc2c1c(C=O)cn2NC(=O)OC(C)(C)C. The lowest BCUT2D eigenvalue weighted by Gasteiger charge is -2.20. The second-order valence-electron chi connectivity index (χ2n) is 5.66. The minimum Gasteiger partial charge on any atom is -0.443 e. The molecule has 0 spiro atoms. The van der Waals surface area contributed by atoms with Gasteiger partial charge in [-0.15, -0.1) is 0 Å². The minimum atomic E-state index is -0.573. The first-order valence-electron chi connectivity index (χ1n) is 6.37. The molecular weight excluding hydrogens is 256 g/mol. The van der Waals surface area contributed by atoms with Crippen molar-refractivity contribution in [1.29, 1.82) is 0 Å². The quantitative estimate of drug-likeness (QED) is 0.855.